The van der Waals surface area contributed by atoms with E-state index in [1.807, 2.05) is 37.3 Å². The van der Waals surface area contributed by atoms with Crippen LogP contribution in [0.4, 0.5) is 13.2 Å². The largest absolute Gasteiger partial charge is 0.457 e. The van der Waals surface area contributed by atoms with Crippen LogP contribution in [0.3, 0.4) is 0 Å². The monoisotopic (exact) mass is 400 g/mol. The standard InChI is InChI=1S/C24H23F3O2/c1-2-18-11-13-20(14-12-18)23(24(25,26)27)17-28-16-19-7-6-10-22(15-19)29-21-8-4-3-5-9-21/h3-15,23H,2,16-17H2,1H3. The van der Waals surface area contributed by atoms with Crippen molar-refractivity contribution in [2.24, 2.45) is 0 Å². The van der Waals surface area contributed by atoms with Gasteiger partial charge in [-0.1, -0.05) is 61.5 Å². The van der Waals surface area contributed by atoms with E-state index in [2.05, 4.69) is 0 Å². The first-order chi connectivity index (χ1) is 14.0. The van der Waals surface area contributed by atoms with Crippen LogP contribution < -0.4 is 4.74 Å². The van der Waals surface area contributed by atoms with Crippen LogP contribution in [-0.2, 0) is 17.8 Å². The van der Waals surface area contributed by atoms with E-state index >= 15 is 0 Å². The first-order valence-electron chi connectivity index (χ1n) is 9.51. The van der Waals surface area contributed by atoms with Crippen molar-refractivity contribution in [1.29, 1.82) is 0 Å². The first kappa shape index (κ1) is 20.9. The predicted molar refractivity (Wildman–Crippen MR) is 107 cm³/mol. The van der Waals surface area contributed by atoms with Crippen LogP contribution in [0.25, 0.3) is 0 Å². The summed E-state index contributed by atoms with van der Waals surface area (Å²) in [7, 11) is 0. The third kappa shape index (κ3) is 6.09. The number of benzene rings is 3. The Morgan fingerprint density at radius 3 is 2.14 bits per heavy atom. The summed E-state index contributed by atoms with van der Waals surface area (Å²) in [6, 6.07) is 23.0. The molecule has 3 aromatic rings. The Kier molecular flexibility index (Phi) is 6.94. The molecule has 0 saturated heterocycles. The summed E-state index contributed by atoms with van der Waals surface area (Å²) in [5, 5.41) is 0. The van der Waals surface area contributed by atoms with Gasteiger partial charge in [0.2, 0.25) is 0 Å². The molecule has 5 heteroatoms. The van der Waals surface area contributed by atoms with Crippen LogP contribution in [0.15, 0.2) is 78.9 Å². The van der Waals surface area contributed by atoms with E-state index in [1.54, 1.807) is 36.4 Å². The average Bonchev–Trinajstić information content (AvgIpc) is 2.71. The highest BCUT2D eigenvalue weighted by molar-refractivity contribution is 5.33. The third-order valence-electron chi connectivity index (χ3n) is 4.62. The fourth-order valence-electron chi connectivity index (χ4n) is 2.98. The first-order valence-corrected chi connectivity index (χ1v) is 9.51. The maximum absolute atomic E-state index is 13.5. The van der Waals surface area contributed by atoms with Crippen molar-refractivity contribution in [2.45, 2.75) is 32.0 Å². The highest BCUT2D eigenvalue weighted by atomic mass is 19.4. The van der Waals surface area contributed by atoms with Gasteiger partial charge in [-0.3, -0.25) is 0 Å². The maximum Gasteiger partial charge on any atom is 0.397 e. The van der Waals surface area contributed by atoms with Gasteiger partial charge >= 0.3 is 6.18 Å². The molecule has 0 saturated carbocycles. The quantitative estimate of drug-likeness (QED) is 0.409. The Labute approximate surface area is 168 Å². The molecule has 0 radical (unpaired) electrons. The number of aryl methyl sites for hydroxylation is 1. The van der Waals surface area contributed by atoms with Crippen LogP contribution in [0.1, 0.15) is 29.5 Å². The van der Waals surface area contributed by atoms with Crippen LogP contribution in [0.5, 0.6) is 11.5 Å². The van der Waals surface area contributed by atoms with E-state index in [0.29, 0.717) is 11.5 Å². The van der Waals surface area contributed by atoms with Gasteiger partial charge in [-0.2, -0.15) is 13.2 Å². The summed E-state index contributed by atoms with van der Waals surface area (Å²) >= 11 is 0. The van der Waals surface area contributed by atoms with E-state index in [1.165, 1.54) is 12.1 Å². The number of rotatable bonds is 8. The molecule has 1 unspecified atom stereocenters. The molecule has 3 aromatic carbocycles. The Morgan fingerprint density at radius 1 is 0.793 bits per heavy atom. The Morgan fingerprint density at radius 2 is 1.48 bits per heavy atom. The summed E-state index contributed by atoms with van der Waals surface area (Å²) in [4.78, 5) is 0. The maximum atomic E-state index is 13.5. The smallest absolute Gasteiger partial charge is 0.397 e. The lowest BCUT2D eigenvalue weighted by molar-refractivity contribution is -0.163. The van der Waals surface area contributed by atoms with Gasteiger partial charge in [0.15, 0.2) is 0 Å². The minimum Gasteiger partial charge on any atom is -0.457 e. The Balaban J connectivity index is 1.62. The van der Waals surface area contributed by atoms with E-state index in [-0.39, 0.29) is 12.2 Å². The molecule has 0 aliphatic heterocycles. The molecule has 152 valence electrons. The second kappa shape index (κ2) is 9.61. The topological polar surface area (TPSA) is 18.5 Å². The lowest BCUT2D eigenvalue weighted by Gasteiger charge is -2.21. The molecule has 0 spiro atoms. The summed E-state index contributed by atoms with van der Waals surface area (Å²) in [5.74, 6) is -0.352. The second-order valence-electron chi connectivity index (χ2n) is 6.77. The van der Waals surface area contributed by atoms with Gasteiger partial charge in [-0.05, 0) is 47.4 Å². The zero-order valence-corrected chi connectivity index (χ0v) is 16.2. The SMILES string of the molecule is CCc1ccc(C(COCc2cccc(Oc3ccccc3)c2)C(F)(F)F)cc1. The van der Waals surface area contributed by atoms with Crippen molar-refractivity contribution in [2.75, 3.05) is 6.61 Å². The van der Waals surface area contributed by atoms with Crippen molar-refractivity contribution >= 4 is 0 Å². The average molecular weight is 400 g/mol. The molecule has 0 aliphatic rings. The molecule has 0 heterocycles. The minimum absolute atomic E-state index is 0.0750. The summed E-state index contributed by atoms with van der Waals surface area (Å²) in [5.41, 5.74) is 1.97. The number of para-hydroxylation sites is 1. The van der Waals surface area contributed by atoms with Crippen LogP contribution in [0, 0.1) is 0 Å². The lowest BCUT2D eigenvalue weighted by Crippen LogP contribution is -2.25. The molecule has 3 rings (SSSR count). The van der Waals surface area contributed by atoms with Gasteiger partial charge < -0.3 is 9.47 Å². The predicted octanol–water partition coefficient (Wildman–Crippen LogP) is 6.90. The lowest BCUT2D eigenvalue weighted by atomic mass is 9.97. The fraction of sp³-hybridized carbons (Fsp3) is 0.250. The van der Waals surface area contributed by atoms with Gasteiger partial charge in [-0.25, -0.2) is 0 Å². The van der Waals surface area contributed by atoms with Crippen LogP contribution in [-0.4, -0.2) is 12.8 Å². The van der Waals surface area contributed by atoms with Crippen molar-refractivity contribution in [3.05, 3.63) is 95.6 Å². The van der Waals surface area contributed by atoms with Crippen molar-refractivity contribution < 1.29 is 22.6 Å². The fourth-order valence-corrected chi connectivity index (χ4v) is 2.98. The van der Waals surface area contributed by atoms with Crippen LogP contribution >= 0.6 is 0 Å². The van der Waals surface area contributed by atoms with Gasteiger partial charge in [0.05, 0.1) is 13.2 Å². The molecule has 1 atom stereocenters. The summed E-state index contributed by atoms with van der Waals surface area (Å²) < 4.78 is 51.8. The highest BCUT2D eigenvalue weighted by Gasteiger charge is 2.40. The van der Waals surface area contributed by atoms with E-state index < -0.39 is 18.7 Å². The van der Waals surface area contributed by atoms with E-state index in [9.17, 15) is 13.2 Å². The number of halogens is 3. The molecular weight excluding hydrogens is 377 g/mol. The van der Waals surface area contributed by atoms with Gasteiger partial charge in [-0.15, -0.1) is 0 Å². The Bertz CT molecular complexity index is 890. The zero-order chi connectivity index (χ0) is 20.7. The van der Waals surface area contributed by atoms with Crippen molar-refractivity contribution in [3.63, 3.8) is 0 Å². The van der Waals surface area contributed by atoms with Crippen molar-refractivity contribution in [3.8, 4) is 11.5 Å². The normalized spacial score (nSPS) is 12.6. The number of hydrogen-bond acceptors (Lipinski definition) is 2. The van der Waals surface area contributed by atoms with Crippen molar-refractivity contribution in [1.82, 2.24) is 0 Å². The molecule has 0 N–H and O–H groups in total. The molecular formula is C24H23F3O2. The molecule has 29 heavy (non-hydrogen) atoms. The van der Waals surface area contributed by atoms with E-state index in [4.69, 9.17) is 9.47 Å². The van der Waals surface area contributed by atoms with E-state index in [0.717, 1.165) is 17.5 Å². The van der Waals surface area contributed by atoms with Gasteiger partial charge in [0.25, 0.3) is 0 Å². The Hall–Kier alpha value is -2.79. The second-order valence-corrected chi connectivity index (χ2v) is 6.77. The molecule has 0 bridgehead atoms. The van der Waals surface area contributed by atoms with Crippen LogP contribution in [0.2, 0.25) is 0 Å². The summed E-state index contributed by atoms with van der Waals surface area (Å²) in [6.45, 7) is 1.61. The molecule has 2 nitrogen and oxygen atoms in total. The van der Waals surface area contributed by atoms with Gasteiger partial charge in [0, 0.05) is 0 Å². The summed E-state index contributed by atoms with van der Waals surface area (Å²) in [6.07, 6.45) is -3.58. The molecule has 0 amide bonds. The number of ether oxygens (including phenoxy) is 2. The number of hydrogen-bond donors (Lipinski definition) is 0. The molecule has 0 fully saturated rings. The molecule has 0 aromatic heterocycles. The highest BCUT2D eigenvalue weighted by Crippen LogP contribution is 2.35. The number of alkyl halides is 3. The minimum atomic E-state index is -4.37. The van der Waals surface area contributed by atoms with Gasteiger partial charge in [0.1, 0.15) is 17.4 Å². The molecule has 0 aliphatic carbocycles. The zero-order valence-electron chi connectivity index (χ0n) is 16.2. The third-order valence-corrected chi connectivity index (χ3v) is 4.62.